The van der Waals surface area contributed by atoms with E-state index in [0.717, 1.165) is 41.4 Å². The van der Waals surface area contributed by atoms with Crippen LogP contribution in [0.5, 0.6) is 0 Å². The highest BCUT2D eigenvalue weighted by Gasteiger charge is 2.13. The van der Waals surface area contributed by atoms with Crippen LogP contribution >= 0.6 is 0 Å². The third-order valence-electron chi connectivity index (χ3n) is 4.92. The number of sulfone groups is 1. The molecule has 0 amide bonds. The van der Waals surface area contributed by atoms with Crippen molar-refractivity contribution in [2.45, 2.75) is 37.2 Å². The summed E-state index contributed by atoms with van der Waals surface area (Å²) in [5.41, 5.74) is 3.26. The number of hydrogen-bond acceptors (Lipinski definition) is 3. The third-order valence-corrected chi connectivity index (χ3v) is 6.32. The Labute approximate surface area is 185 Å². The largest absolute Gasteiger partial charge is 0.493 e. The fourth-order valence-electron chi connectivity index (χ4n) is 3.27. The first-order valence-electron chi connectivity index (χ1n) is 10.5. The standard InChI is InChI=1S/C27H28O3S/c1-2-3-17-25(30-20-21-31(28,29)26-18-11-6-12-19-26)22-27(23-13-7-4-8-14-23)24-15-9-5-10-16-24/h4-16,18-22,25H,2-3,17H2,1H3/b21-20+. The van der Waals surface area contributed by atoms with Crippen molar-refractivity contribution >= 4 is 15.4 Å². The monoisotopic (exact) mass is 432 g/mol. The predicted molar refractivity (Wildman–Crippen MR) is 127 cm³/mol. The van der Waals surface area contributed by atoms with E-state index in [1.54, 1.807) is 30.3 Å². The number of unbranched alkanes of at least 4 members (excludes halogenated alkanes) is 1. The van der Waals surface area contributed by atoms with Crippen molar-refractivity contribution in [3.8, 4) is 0 Å². The van der Waals surface area contributed by atoms with Crippen LogP contribution in [-0.2, 0) is 14.6 Å². The Hall–Kier alpha value is -3.11. The third kappa shape index (κ3) is 6.69. The zero-order valence-corrected chi connectivity index (χ0v) is 18.5. The molecule has 0 spiro atoms. The lowest BCUT2D eigenvalue weighted by molar-refractivity contribution is 0.176. The second-order valence-electron chi connectivity index (χ2n) is 7.26. The molecule has 0 aliphatic carbocycles. The van der Waals surface area contributed by atoms with Gasteiger partial charge in [-0.05, 0) is 47.8 Å². The Balaban J connectivity index is 1.88. The maximum Gasteiger partial charge on any atom is 0.202 e. The smallest absolute Gasteiger partial charge is 0.202 e. The van der Waals surface area contributed by atoms with Gasteiger partial charge in [0.2, 0.25) is 9.84 Å². The van der Waals surface area contributed by atoms with Crippen molar-refractivity contribution in [3.05, 3.63) is 120 Å². The molecule has 0 N–H and O–H groups in total. The van der Waals surface area contributed by atoms with E-state index in [1.807, 2.05) is 36.4 Å². The van der Waals surface area contributed by atoms with E-state index in [0.29, 0.717) is 0 Å². The Kier molecular flexibility index (Phi) is 8.25. The summed E-state index contributed by atoms with van der Waals surface area (Å²) in [4.78, 5) is 0.254. The van der Waals surface area contributed by atoms with Crippen molar-refractivity contribution < 1.29 is 13.2 Å². The summed E-state index contributed by atoms with van der Waals surface area (Å²) in [6.07, 6.45) is 5.99. The van der Waals surface area contributed by atoms with Gasteiger partial charge >= 0.3 is 0 Å². The normalized spacial score (nSPS) is 12.4. The van der Waals surface area contributed by atoms with Crippen molar-refractivity contribution in [2.24, 2.45) is 0 Å². The summed E-state index contributed by atoms with van der Waals surface area (Å²) in [5, 5.41) is 1.14. The Morgan fingerprint density at radius 1 is 0.839 bits per heavy atom. The van der Waals surface area contributed by atoms with Crippen LogP contribution in [0, 0.1) is 0 Å². The van der Waals surface area contributed by atoms with Crippen molar-refractivity contribution in [1.82, 2.24) is 0 Å². The second kappa shape index (κ2) is 11.3. The van der Waals surface area contributed by atoms with Gasteiger partial charge in [0, 0.05) is 0 Å². The molecule has 4 heteroatoms. The van der Waals surface area contributed by atoms with Gasteiger partial charge < -0.3 is 4.74 Å². The zero-order valence-electron chi connectivity index (χ0n) is 17.7. The molecule has 3 rings (SSSR count). The number of benzene rings is 3. The first-order chi connectivity index (χ1) is 15.1. The molecule has 31 heavy (non-hydrogen) atoms. The number of hydrogen-bond donors (Lipinski definition) is 0. The fraction of sp³-hybridized carbons (Fsp3) is 0.185. The average Bonchev–Trinajstić information content (AvgIpc) is 2.82. The lowest BCUT2D eigenvalue weighted by Crippen LogP contribution is -2.08. The Morgan fingerprint density at radius 3 is 1.87 bits per heavy atom. The van der Waals surface area contributed by atoms with E-state index in [-0.39, 0.29) is 11.0 Å². The van der Waals surface area contributed by atoms with Gasteiger partial charge in [0.15, 0.2) is 0 Å². The van der Waals surface area contributed by atoms with Gasteiger partial charge in [-0.2, -0.15) is 0 Å². The van der Waals surface area contributed by atoms with E-state index in [2.05, 4.69) is 37.3 Å². The predicted octanol–water partition coefficient (Wildman–Crippen LogP) is 6.64. The summed E-state index contributed by atoms with van der Waals surface area (Å²) in [5.74, 6) is 0. The van der Waals surface area contributed by atoms with E-state index in [9.17, 15) is 8.42 Å². The van der Waals surface area contributed by atoms with Gasteiger partial charge in [0.05, 0.1) is 16.6 Å². The van der Waals surface area contributed by atoms with Crippen LogP contribution < -0.4 is 0 Å². The van der Waals surface area contributed by atoms with Crippen molar-refractivity contribution in [2.75, 3.05) is 0 Å². The Morgan fingerprint density at radius 2 is 1.35 bits per heavy atom. The summed E-state index contributed by atoms with van der Waals surface area (Å²) in [6.45, 7) is 2.13. The van der Waals surface area contributed by atoms with Crippen LogP contribution in [-0.4, -0.2) is 14.5 Å². The van der Waals surface area contributed by atoms with Crippen molar-refractivity contribution in [1.29, 1.82) is 0 Å². The minimum absolute atomic E-state index is 0.238. The molecule has 0 aromatic heterocycles. The molecule has 160 valence electrons. The maximum absolute atomic E-state index is 12.5. The van der Waals surface area contributed by atoms with Crippen LogP contribution in [0.25, 0.3) is 5.57 Å². The summed E-state index contributed by atoms with van der Waals surface area (Å²) >= 11 is 0. The molecule has 0 saturated heterocycles. The number of rotatable bonds is 10. The molecular formula is C27H28O3S. The topological polar surface area (TPSA) is 43.4 Å². The van der Waals surface area contributed by atoms with E-state index >= 15 is 0 Å². The molecular weight excluding hydrogens is 404 g/mol. The molecule has 0 aliphatic rings. The van der Waals surface area contributed by atoms with Crippen LogP contribution in [0.1, 0.15) is 37.3 Å². The second-order valence-corrected chi connectivity index (χ2v) is 9.09. The highest BCUT2D eigenvalue weighted by Crippen LogP contribution is 2.25. The average molecular weight is 433 g/mol. The molecule has 0 bridgehead atoms. The van der Waals surface area contributed by atoms with E-state index < -0.39 is 9.84 Å². The van der Waals surface area contributed by atoms with Gasteiger partial charge in [-0.3, -0.25) is 0 Å². The molecule has 0 heterocycles. The molecule has 1 atom stereocenters. The molecule has 3 nitrogen and oxygen atoms in total. The van der Waals surface area contributed by atoms with Gasteiger partial charge in [-0.25, -0.2) is 8.42 Å². The molecule has 3 aromatic carbocycles. The zero-order chi connectivity index (χ0) is 21.9. The molecule has 3 aromatic rings. The van der Waals surface area contributed by atoms with Crippen LogP contribution in [0.3, 0.4) is 0 Å². The first-order valence-corrected chi connectivity index (χ1v) is 12.1. The lowest BCUT2D eigenvalue weighted by atomic mass is 9.95. The van der Waals surface area contributed by atoms with Gasteiger partial charge in [0.1, 0.15) is 6.10 Å². The lowest BCUT2D eigenvalue weighted by Gasteiger charge is -2.16. The summed E-state index contributed by atoms with van der Waals surface area (Å²) in [7, 11) is -3.54. The van der Waals surface area contributed by atoms with Gasteiger partial charge in [-0.1, -0.05) is 92.2 Å². The van der Waals surface area contributed by atoms with Gasteiger partial charge in [-0.15, -0.1) is 0 Å². The van der Waals surface area contributed by atoms with Crippen LogP contribution in [0.15, 0.2) is 114 Å². The quantitative estimate of drug-likeness (QED) is 0.337. The molecule has 0 aliphatic heterocycles. The van der Waals surface area contributed by atoms with Crippen LogP contribution in [0.2, 0.25) is 0 Å². The minimum Gasteiger partial charge on any atom is -0.493 e. The van der Waals surface area contributed by atoms with E-state index in [1.165, 1.54) is 6.26 Å². The summed E-state index contributed by atoms with van der Waals surface area (Å²) in [6, 6.07) is 28.7. The van der Waals surface area contributed by atoms with Crippen LogP contribution in [0.4, 0.5) is 0 Å². The minimum atomic E-state index is -3.54. The van der Waals surface area contributed by atoms with Gasteiger partial charge in [0.25, 0.3) is 0 Å². The molecule has 0 radical (unpaired) electrons. The Bertz CT molecular complexity index is 1050. The maximum atomic E-state index is 12.5. The SMILES string of the molecule is CCCCC(C=C(c1ccccc1)c1ccccc1)O/C=C/S(=O)(=O)c1ccccc1. The number of ether oxygens (including phenoxy) is 1. The highest BCUT2D eigenvalue weighted by molar-refractivity contribution is 7.94. The highest BCUT2D eigenvalue weighted by atomic mass is 32.2. The first kappa shape index (κ1) is 22.6. The summed E-state index contributed by atoms with van der Waals surface area (Å²) < 4.78 is 31.0. The molecule has 1 unspecified atom stereocenters. The molecule has 0 saturated carbocycles. The van der Waals surface area contributed by atoms with E-state index in [4.69, 9.17) is 4.74 Å². The van der Waals surface area contributed by atoms with Crippen molar-refractivity contribution in [3.63, 3.8) is 0 Å². The molecule has 0 fully saturated rings. The fourth-order valence-corrected chi connectivity index (χ4v) is 4.18.